The molecule has 0 saturated carbocycles. The average molecular weight is 307 g/mol. The van der Waals surface area contributed by atoms with Crippen LogP contribution in [-0.4, -0.2) is 23.7 Å². The normalized spacial score (nSPS) is 16.0. The van der Waals surface area contributed by atoms with E-state index < -0.39 is 0 Å². The summed E-state index contributed by atoms with van der Waals surface area (Å²) in [5.74, 6) is 1.08. The van der Waals surface area contributed by atoms with Gasteiger partial charge in [0.2, 0.25) is 0 Å². The number of benzene rings is 1. The molecule has 4 rings (SSSR count). The molecule has 0 fully saturated rings. The van der Waals surface area contributed by atoms with Crippen LogP contribution in [0.15, 0.2) is 57.8 Å². The molecule has 2 aromatic heterocycles. The summed E-state index contributed by atoms with van der Waals surface area (Å²) in [5.41, 5.74) is 5.19. The minimum absolute atomic E-state index is 0.257. The zero-order valence-electron chi connectivity index (χ0n) is 12.3. The molecule has 1 aromatic carbocycles. The van der Waals surface area contributed by atoms with Crippen molar-refractivity contribution in [1.82, 2.24) is 10.4 Å². The van der Waals surface area contributed by atoms with Gasteiger partial charge in [-0.15, -0.1) is 0 Å². The maximum Gasteiger partial charge on any atom is 0.273 e. The Morgan fingerprint density at radius 1 is 1.26 bits per heavy atom. The van der Waals surface area contributed by atoms with Crippen LogP contribution in [0.25, 0.3) is 17.0 Å². The van der Waals surface area contributed by atoms with Crippen molar-refractivity contribution in [3.63, 3.8) is 0 Å². The van der Waals surface area contributed by atoms with Gasteiger partial charge in [0.05, 0.1) is 18.9 Å². The van der Waals surface area contributed by atoms with E-state index in [2.05, 4.69) is 15.5 Å². The number of carbonyl (C=O) groups is 1. The van der Waals surface area contributed by atoms with Crippen LogP contribution >= 0.6 is 0 Å². The highest BCUT2D eigenvalue weighted by Crippen LogP contribution is 2.24. The van der Waals surface area contributed by atoms with Crippen molar-refractivity contribution in [2.24, 2.45) is 5.10 Å². The van der Waals surface area contributed by atoms with E-state index in [4.69, 9.17) is 9.15 Å². The number of hydrogen-bond donors (Lipinski definition) is 2. The number of hydrogen-bond acceptors (Lipinski definition) is 4. The van der Waals surface area contributed by atoms with Gasteiger partial charge in [-0.2, -0.15) is 5.10 Å². The summed E-state index contributed by atoms with van der Waals surface area (Å²) >= 11 is 0. The topological polar surface area (TPSA) is 79.6 Å². The molecule has 3 heterocycles. The van der Waals surface area contributed by atoms with Crippen molar-refractivity contribution in [1.29, 1.82) is 0 Å². The number of aromatic nitrogens is 1. The SMILES string of the molecule is COc1ccc2[nH]c(C=C3C(=O)NN=C3c3ccco3)cc2c1. The number of nitrogens with one attached hydrogen (secondary N) is 2. The molecule has 114 valence electrons. The first-order valence-corrected chi connectivity index (χ1v) is 7.05. The van der Waals surface area contributed by atoms with Crippen LogP contribution in [0.4, 0.5) is 0 Å². The third-order valence-electron chi connectivity index (χ3n) is 3.67. The maximum absolute atomic E-state index is 12.0. The van der Waals surface area contributed by atoms with E-state index in [-0.39, 0.29) is 5.91 Å². The number of methoxy groups -OCH3 is 1. The fourth-order valence-corrected chi connectivity index (χ4v) is 2.56. The average Bonchev–Trinajstić information content (AvgIpc) is 3.27. The lowest BCUT2D eigenvalue weighted by Gasteiger charge is -1.97. The van der Waals surface area contributed by atoms with E-state index in [1.165, 1.54) is 0 Å². The van der Waals surface area contributed by atoms with Crippen LogP contribution in [-0.2, 0) is 4.79 Å². The van der Waals surface area contributed by atoms with Crippen molar-refractivity contribution in [2.45, 2.75) is 0 Å². The van der Waals surface area contributed by atoms with Crippen LogP contribution in [0.3, 0.4) is 0 Å². The third kappa shape index (κ3) is 2.30. The molecule has 0 saturated heterocycles. The summed E-state index contributed by atoms with van der Waals surface area (Å²) in [6.45, 7) is 0. The van der Waals surface area contributed by atoms with E-state index in [1.807, 2.05) is 24.3 Å². The number of fused-ring (bicyclic) bond motifs is 1. The van der Waals surface area contributed by atoms with Crippen LogP contribution in [0, 0.1) is 0 Å². The van der Waals surface area contributed by atoms with Gasteiger partial charge in [0.25, 0.3) is 5.91 Å². The largest absolute Gasteiger partial charge is 0.497 e. The Bertz CT molecular complexity index is 949. The van der Waals surface area contributed by atoms with Gasteiger partial charge in [0.15, 0.2) is 5.76 Å². The Hall–Kier alpha value is -3.28. The Kier molecular flexibility index (Phi) is 3.01. The van der Waals surface area contributed by atoms with Gasteiger partial charge in [-0.1, -0.05) is 0 Å². The molecule has 1 aliphatic rings. The first kappa shape index (κ1) is 13.4. The second-order valence-corrected chi connectivity index (χ2v) is 5.11. The molecule has 3 aromatic rings. The minimum atomic E-state index is -0.257. The Morgan fingerprint density at radius 2 is 2.17 bits per heavy atom. The van der Waals surface area contributed by atoms with E-state index in [1.54, 1.807) is 31.6 Å². The zero-order chi connectivity index (χ0) is 15.8. The van der Waals surface area contributed by atoms with E-state index in [9.17, 15) is 4.79 Å². The number of ether oxygens (including phenoxy) is 1. The van der Waals surface area contributed by atoms with Gasteiger partial charge in [0, 0.05) is 16.6 Å². The van der Waals surface area contributed by atoms with Gasteiger partial charge in [-0.05, 0) is 42.5 Å². The Labute approximate surface area is 131 Å². The second kappa shape index (κ2) is 5.17. The zero-order valence-corrected chi connectivity index (χ0v) is 12.3. The van der Waals surface area contributed by atoms with Gasteiger partial charge in [0.1, 0.15) is 11.5 Å². The van der Waals surface area contributed by atoms with Crippen molar-refractivity contribution in [3.8, 4) is 5.75 Å². The molecule has 0 atom stereocenters. The van der Waals surface area contributed by atoms with Gasteiger partial charge < -0.3 is 14.1 Å². The van der Waals surface area contributed by atoms with Crippen LogP contribution in [0.5, 0.6) is 5.75 Å². The number of nitrogens with zero attached hydrogens (tertiary/aromatic N) is 1. The van der Waals surface area contributed by atoms with Gasteiger partial charge in [-0.3, -0.25) is 4.79 Å². The van der Waals surface area contributed by atoms with E-state index in [0.29, 0.717) is 17.0 Å². The summed E-state index contributed by atoms with van der Waals surface area (Å²) < 4.78 is 10.6. The van der Waals surface area contributed by atoms with E-state index in [0.717, 1.165) is 22.3 Å². The fraction of sp³-hybridized carbons (Fsp3) is 0.0588. The third-order valence-corrected chi connectivity index (χ3v) is 3.67. The Balaban J connectivity index is 1.76. The first-order chi connectivity index (χ1) is 11.2. The predicted octanol–water partition coefficient (Wildman–Crippen LogP) is 2.69. The molecule has 1 amide bonds. The molecule has 6 heteroatoms. The molecule has 0 bridgehead atoms. The molecule has 6 nitrogen and oxygen atoms in total. The van der Waals surface area contributed by atoms with Crippen LogP contribution in [0.1, 0.15) is 11.5 Å². The fourth-order valence-electron chi connectivity index (χ4n) is 2.56. The number of aromatic amines is 1. The molecule has 0 aliphatic carbocycles. The summed E-state index contributed by atoms with van der Waals surface area (Å²) in [6.07, 6.45) is 3.31. The maximum atomic E-state index is 12.0. The summed E-state index contributed by atoms with van der Waals surface area (Å²) in [5, 5.41) is 5.04. The molecular weight excluding hydrogens is 294 g/mol. The van der Waals surface area contributed by atoms with Crippen molar-refractivity contribution in [2.75, 3.05) is 7.11 Å². The predicted molar refractivity (Wildman–Crippen MR) is 86.2 cm³/mol. The molecule has 0 unspecified atom stereocenters. The molecular formula is C17H13N3O3. The Morgan fingerprint density at radius 3 is 2.96 bits per heavy atom. The molecule has 0 radical (unpaired) electrons. The summed E-state index contributed by atoms with van der Waals surface area (Å²) in [6, 6.07) is 11.2. The number of rotatable bonds is 3. The quantitative estimate of drug-likeness (QED) is 0.730. The smallest absolute Gasteiger partial charge is 0.273 e. The van der Waals surface area contributed by atoms with Gasteiger partial charge in [-0.25, -0.2) is 5.43 Å². The first-order valence-electron chi connectivity index (χ1n) is 7.05. The highest BCUT2D eigenvalue weighted by Gasteiger charge is 2.25. The number of hydrazone groups is 1. The highest BCUT2D eigenvalue weighted by atomic mass is 16.5. The molecule has 23 heavy (non-hydrogen) atoms. The lowest BCUT2D eigenvalue weighted by Crippen LogP contribution is -2.13. The number of amides is 1. The lowest BCUT2D eigenvalue weighted by atomic mass is 10.1. The standard InChI is InChI=1S/C17H13N3O3/c1-22-12-4-5-14-10(8-12)7-11(18-14)9-13-16(19-20-17(13)21)15-3-2-6-23-15/h2-9,18H,1H3,(H,20,21). The minimum Gasteiger partial charge on any atom is -0.497 e. The van der Waals surface area contributed by atoms with Crippen molar-refractivity contribution < 1.29 is 13.9 Å². The summed E-state index contributed by atoms with van der Waals surface area (Å²) in [7, 11) is 1.63. The molecule has 2 N–H and O–H groups in total. The van der Waals surface area contributed by atoms with Gasteiger partial charge >= 0.3 is 0 Å². The van der Waals surface area contributed by atoms with E-state index >= 15 is 0 Å². The number of furan rings is 1. The highest BCUT2D eigenvalue weighted by molar-refractivity contribution is 6.32. The second-order valence-electron chi connectivity index (χ2n) is 5.11. The summed E-state index contributed by atoms with van der Waals surface area (Å²) in [4.78, 5) is 15.3. The van der Waals surface area contributed by atoms with Crippen LogP contribution < -0.4 is 10.2 Å². The van der Waals surface area contributed by atoms with Crippen molar-refractivity contribution >= 4 is 28.6 Å². The molecule has 0 spiro atoms. The number of carbonyl (C=O) groups excluding carboxylic acids is 1. The van der Waals surface area contributed by atoms with Crippen molar-refractivity contribution in [3.05, 3.63) is 59.7 Å². The number of H-pyrrole nitrogens is 1. The molecule has 1 aliphatic heterocycles. The van der Waals surface area contributed by atoms with Crippen LogP contribution in [0.2, 0.25) is 0 Å². The lowest BCUT2D eigenvalue weighted by molar-refractivity contribution is -0.116. The monoisotopic (exact) mass is 307 g/mol.